The Morgan fingerprint density at radius 1 is 0.981 bits per heavy atom. The number of carbonyl (C=O) groups is 5. The summed E-state index contributed by atoms with van der Waals surface area (Å²) in [7, 11) is 0. The molecule has 4 amide bonds. The van der Waals surface area contributed by atoms with E-state index in [1.165, 1.54) is 6.08 Å². The van der Waals surface area contributed by atoms with Crippen molar-refractivity contribution in [2.75, 3.05) is 18.5 Å². The lowest BCUT2D eigenvalue weighted by Gasteiger charge is -2.34. The highest BCUT2D eigenvalue weighted by molar-refractivity contribution is 6.38. The number of amides is 4. The number of anilines is 1. The molecule has 2 rings (SSSR count). The van der Waals surface area contributed by atoms with E-state index in [1.54, 1.807) is 24.3 Å². The van der Waals surface area contributed by atoms with Crippen molar-refractivity contribution >= 4 is 35.3 Å². The van der Waals surface area contributed by atoms with E-state index in [0.717, 1.165) is 0 Å². The van der Waals surface area contributed by atoms with Crippen LogP contribution in [0.15, 0.2) is 55.1 Å². The van der Waals surface area contributed by atoms with Gasteiger partial charge in [0.2, 0.25) is 5.78 Å². The number of urea groups is 1. The van der Waals surface area contributed by atoms with Gasteiger partial charge in [0.25, 0.3) is 5.91 Å². The van der Waals surface area contributed by atoms with Gasteiger partial charge in [-0.2, -0.15) is 0 Å². The average molecular weight is 726 g/mol. The molecule has 0 spiro atoms. The molecule has 4 unspecified atom stereocenters. The molecule has 0 radical (unpaired) electrons. The van der Waals surface area contributed by atoms with Crippen LogP contribution in [0.5, 0.6) is 0 Å². The van der Waals surface area contributed by atoms with Gasteiger partial charge in [0.05, 0.1) is 18.1 Å². The molecule has 290 valence electrons. The number of benzene rings is 1. The van der Waals surface area contributed by atoms with E-state index in [-0.39, 0.29) is 42.1 Å². The number of ether oxygens (including phenoxy) is 1. The van der Waals surface area contributed by atoms with Crippen molar-refractivity contribution in [2.24, 2.45) is 34.0 Å². The number of carbonyl (C=O) groups excluding carboxylic acids is 5. The number of para-hydroxylation sites is 1. The summed E-state index contributed by atoms with van der Waals surface area (Å²) in [6.45, 7) is 27.0. The molecule has 0 aromatic heterocycles. The molecule has 1 aliphatic carbocycles. The van der Waals surface area contributed by atoms with Crippen molar-refractivity contribution in [2.45, 2.75) is 113 Å². The van der Waals surface area contributed by atoms with Crippen LogP contribution in [-0.4, -0.2) is 72.2 Å². The smallest absolute Gasteiger partial charge is 0.411 e. The van der Waals surface area contributed by atoms with E-state index in [0.29, 0.717) is 30.5 Å². The number of hydrogen-bond donors (Lipinski definition) is 6. The minimum Gasteiger partial charge on any atom is -0.447 e. The van der Waals surface area contributed by atoms with E-state index in [2.05, 4.69) is 53.6 Å². The minimum atomic E-state index is -1.07. The van der Waals surface area contributed by atoms with Crippen LogP contribution in [0.2, 0.25) is 0 Å². The molecule has 52 heavy (non-hydrogen) atoms. The zero-order chi connectivity index (χ0) is 39.6. The van der Waals surface area contributed by atoms with Crippen LogP contribution in [0.4, 0.5) is 15.3 Å². The number of aliphatic hydroxyl groups is 1. The second kappa shape index (κ2) is 18.6. The molecule has 1 aliphatic rings. The van der Waals surface area contributed by atoms with Gasteiger partial charge in [-0.15, -0.1) is 6.58 Å². The van der Waals surface area contributed by atoms with E-state index in [4.69, 9.17) is 4.74 Å². The Labute approximate surface area is 310 Å². The molecule has 1 aromatic carbocycles. The molecular formula is C40H63N5O7. The SMILES string of the molecule is C=CCNC(=O)C(=O)C(CCC)NC(O)C(C)[C@@H]1[C@H](CC(=C)C(=O)C(NC(=O)N[C@H](COC(=O)Nc2ccccc2)C(C)(C)C)C(C)(C)C)C1(C)C. The molecule has 0 aliphatic heterocycles. The van der Waals surface area contributed by atoms with E-state index >= 15 is 0 Å². The van der Waals surface area contributed by atoms with Crippen molar-refractivity contribution < 1.29 is 33.8 Å². The Balaban J connectivity index is 2.08. The van der Waals surface area contributed by atoms with Crippen LogP contribution in [0, 0.1) is 34.0 Å². The first-order valence-electron chi connectivity index (χ1n) is 18.2. The zero-order valence-electron chi connectivity index (χ0n) is 32.9. The van der Waals surface area contributed by atoms with Gasteiger partial charge in [-0.1, -0.05) is 107 Å². The molecule has 1 fully saturated rings. The van der Waals surface area contributed by atoms with Crippen LogP contribution < -0.4 is 26.6 Å². The Morgan fingerprint density at radius 2 is 1.60 bits per heavy atom. The molecule has 12 nitrogen and oxygen atoms in total. The van der Waals surface area contributed by atoms with Gasteiger partial charge in [0.1, 0.15) is 12.8 Å². The largest absolute Gasteiger partial charge is 0.447 e. The summed E-state index contributed by atoms with van der Waals surface area (Å²) in [6.07, 6.45) is 1.15. The highest BCUT2D eigenvalue weighted by atomic mass is 16.5. The third kappa shape index (κ3) is 12.6. The third-order valence-corrected chi connectivity index (χ3v) is 10.1. The summed E-state index contributed by atoms with van der Waals surface area (Å²) in [4.78, 5) is 64.9. The Morgan fingerprint density at radius 3 is 2.13 bits per heavy atom. The van der Waals surface area contributed by atoms with Crippen molar-refractivity contribution in [1.29, 1.82) is 0 Å². The van der Waals surface area contributed by atoms with Gasteiger partial charge in [0.15, 0.2) is 5.78 Å². The van der Waals surface area contributed by atoms with E-state index < -0.39 is 59.0 Å². The highest BCUT2D eigenvalue weighted by Gasteiger charge is 2.60. The zero-order valence-corrected chi connectivity index (χ0v) is 32.9. The summed E-state index contributed by atoms with van der Waals surface area (Å²) in [5.41, 5.74) is -0.448. The summed E-state index contributed by atoms with van der Waals surface area (Å²) in [5.74, 6) is -1.97. The molecule has 1 aromatic rings. The molecule has 0 saturated heterocycles. The lowest BCUT2D eigenvalue weighted by atomic mass is 9.81. The van der Waals surface area contributed by atoms with Crippen LogP contribution in [-0.2, 0) is 19.1 Å². The number of nitrogens with one attached hydrogen (secondary N) is 5. The number of ketones is 2. The van der Waals surface area contributed by atoms with Gasteiger partial charge in [-0.3, -0.25) is 25.0 Å². The van der Waals surface area contributed by atoms with Gasteiger partial charge in [-0.05, 0) is 64.5 Å². The number of aliphatic hydroxyl groups excluding tert-OH is 1. The fraction of sp³-hybridized carbons (Fsp3) is 0.625. The predicted octanol–water partition coefficient (Wildman–Crippen LogP) is 5.74. The van der Waals surface area contributed by atoms with E-state index in [9.17, 15) is 29.1 Å². The van der Waals surface area contributed by atoms with Gasteiger partial charge in [-0.25, -0.2) is 9.59 Å². The molecule has 12 heteroatoms. The summed E-state index contributed by atoms with van der Waals surface area (Å²) in [5, 5.41) is 25.1. The normalized spacial score (nSPS) is 19.4. The van der Waals surface area contributed by atoms with Crippen LogP contribution >= 0.6 is 0 Å². The van der Waals surface area contributed by atoms with Crippen molar-refractivity contribution in [3.8, 4) is 0 Å². The first kappa shape index (κ1) is 44.1. The first-order chi connectivity index (χ1) is 24.1. The fourth-order valence-electron chi connectivity index (χ4n) is 6.68. The highest BCUT2D eigenvalue weighted by Crippen LogP contribution is 2.64. The number of rotatable bonds is 19. The Bertz CT molecular complexity index is 1430. The second-order valence-corrected chi connectivity index (χ2v) is 16.7. The molecule has 7 atom stereocenters. The maximum Gasteiger partial charge on any atom is 0.411 e. The summed E-state index contributed by atoms with van der Waals surface area (Å²) >= 11 is 0. The topological polar surface area (TPSA) is 175 Å². The average Bonchev–Trinajstić information content (AvgIpc) is 3.60. The molecule has 0 heterocycles. The van der Waals surface area contributed by atoms with E-state index in [1.807, 2.05) is 61.5 Å². The van der Waals surface area contributed by atoms with Crippen molar-refractivity contribution in [1.82, 2.24) is 21.3 Å². The number of hydrogen-bond acceptors (Lipinski definition) is 8. The van der Waals surface area contributed by atoms with Crippen LogP contribution in [0.25, 0.3) is 0 Å². The lowest BCUT2D eigenvalue weighted by Crippen LogP contribution is -2.57. The minimum absolute atomic E-state index is 0.00511. The number of Topliss-reactive ketones (excluding diaryl/α,β-unsaturated/α-hetero) is 2. The monoisotopic (exact) mass is 725 g/mol. The molecular weight excluding hydrogens is 662 g/mol. The van der Waals surface area contributed by atoms with Gasteiger partial charge >= 0.3 is 12.1 Å². The summed E-state index contributed by atoms with van der Waals surface area (Å²) < 4.78 is 5.45. The third-order valence-electron chi connectivity index (χ3n) is 10.1. The molecule has 6 N–H and O–H groups in total. The second-order valence-electron chi connectivity index (χ2n) is 16.7. The lowest BCUT2D eigenvalue weighted by molar-refractivity contribution is -0.139. The first-order valence-corrected chi connectivity index (χ1v) is 18.2. The van der Waals surface area contributed by atoms with Crippen LogP contribution in [0.1, 0.15) is 88.5 Å². The van der Waals surface area contributed by atoms with Crippen molar-refractivity contribution in [3.05, 3.63) is 55.1 Å². The quantitative estimate of drug-likeness (QED) is 0.0454. The van der Waals surface area contributed by atoms with Crippen LogP contribution in [0.3, 0.4) is 0 Å². The standard InChI is InChI=1S/C40H63N5O7/c1-13-18-28(32(47)35(49)41-21-14-2)43-34(48)25(4)30-27(40(30,11)12)22-24(3)31(46)33(39(8,9)10)45-36(50)44-29(38(5,6)7)23-52-37(51)42-26-19-16-15-17-20-26/h14-17,19-20,25,27-30,33-34,43,48H,2-3,13,18,21-23H2,1,4-12H3,(H,41,49)(H,42,51)(H2,44,45,50)/t25?,27-,28?,29+,30+,33?,34?/m0/s1. The maximum absolute atomic E-state index is 13.9. The molecule has 0 bridgehead atoms. The van der Waals surface area contributed by atoms with Gasteiger partial charge in [0, 0.05) is 12.2 Å². The maximum atomic E-state index is 13.9. The summed E-state index contributed by atoms with van der Waals surface area (Å²) in [6, 6.07) is 6.00. The molecule has 1 saturated carbocycles. The fourth-order valence-corrected chi connectivity index (χ4v) is 6.68. The Kier molecular flexibility index (Phi) is 15.8. The predicted molar refractivity (Wildman–Crippen MR) is 204 cm³/mol. The van der Waals surface area contributed by atoms with Gasteiger partial charge < -0.3 is 25.8 Å². The van der Waals surface area contributed by atoms with Crippen molar-refractivity contribution in [3.63, 3.8) is 0 Å². The Hall–Kier alpha value is -4.03.